The van der Waals surface area contributed by atoms with Gasteiger partial charge >= 0.3 is 0 Å². The highest BCUT2D eigenvalue weighted by Crippen LogP contribution is 1.93. The largest absolute Gasteiger partial charge is 0.330 e. The van der Waals surface area contributed by atoms with E-state index < -0.39 is 0 Å². The Morgan fingerprint density at radius 3 is 2.36 bits per heavy atom. The Kier molecular flexibility index (Phi) is 4.81. The summed E-state index contributed by atoms with van der Waals surface area (Å²) < 4.78 is 0. The minimum Gasteiger partial charge on any atom is -0.330 e. The SMILES string of the molecule is CCN(C)N(C)C(=O)CCN. The van der Waals surface area contributed by atoms with Crippen molar-refractivity contribution in [2.45, 2.75) is 13.3 Å². The van der Waals surface area contributed by atoms with E-state index in [9.17, 15) is 4.79 Å². The lowest BCUT2D eigenvalue weighted by Crippen LogP contribution is -2.41. The lowest BCUT2D eigenvalue weighted by molar-refractivity contribution is -0.143. The summed E-state index contributed by atoms with van der Waals surface area (Å²) in [6, 6.07) is 0. The Morgan fingerprint density at radius 1 is 1.45 bits per heavy atom. The maximum absolute atomic E-state index is 11.1. The molecule has 0 aromatic carbocycles. The second-order valence-electron chi connectivity index (χ2n) is 2.43. The first kappa shape index (κ1) is 10.4. The van der Waals surface area contributed by atoms with Crippen LogP contribution in [0, 0.1) is 0 Å². The number of carbonyl (C=O) groups excluding carboxylic acids is 1. The van der Waals surface area contributed by atoms with Crippen LogP contribution < -0.4 is 5.73 Å². The van der Waals surface area contributed by atoms with Gasteiger partial charge in [0.05, 0.1) is 0 Å². The van der Waals surface area contributed by atoms with Crippen molar-refractivity contribution in [2.75, 3.05) is 27.2 Å². The molecule has 0 spiro atoms. The molecule has 0 unspecified atom stereocenters. The average Bonchev–Trinajstić information content (AvgIpc) is 2.02. The third-order valence-corrected chi connectivity index (χ3v) is 1.69. The van der Waals surface area contributed by atoms with Gasteiger partial charge in [-0.3, -0.25) is 9.80 Å². The summed E-state index contributed by atoms with van der Waals surface area (Å²) in [5.41, 5.74) is 5.24. The number of hydrogen-bond acceptors (Lipinski definition) is 3. The third kappa shape index (κ3) is 3.34. The maximum atomic E-state index is 11.1. The molecule has 0 saturated heterocycles. The smallest absolute Gasteiger partial charge is 0.237 e. The van der Waals surface area contributed by atoms with E-state index in [0.29, 0.717) is 13.0 Å². The Bertz CT molecular complexity index is 127. The van der Waals surface area contributed by atoms with Crippen LogP contribution in [-0.2, 0) is 4.79 Å². The van der Waals surface area contributed by atoms with Crippen molar-refractivity contribution in [3.8, 4) is 0 Å². The van der Waals surface area contributed by atoms with Gasteiger partial charge in [-0.2, -0.15) is 0 Å². The number of hydrogen-bond donors (Lipinski definition) is 1. The molecular formula is C7H17N3O. The second-order valence-corrected chi connectivity index (χ2v) is 2.43. The fourth-order valence-electron chi connectivity index (χ4n) is 0.688. The molecule has 0 aliphatic carbocycles. The molecule has 0 atom stereocenters. The number of nitrogens with zero attached hydrogens (tertiary/aromatic N) is 2. The minimum absolute atomic E-state index is 0.0665. The van der Waals surface area contributed by atoms with E-state index in [4.69, 9.17) is 5.73 Å². The van der Waals surface area contributed by atoms with Crippen LogP contribution in [-0.4, -0.2) is 43.1 Å². The van der Waals surface area contributed by atoms with Gasteiger partial charge in [0.15, 0.2) is 0 Å². The summed E-state index contributed by atoms with van der Waals surface area (Å²) in [5, 5.41) is 3.44. The van der Waals surface area contributed by atoms with Gasteiger partial charge in [0.2, 0.25) is 5.91 Å². The zero-order chi connectivity index (χ0) is 8.85. The highest BCUT2D eigenvalue weighted by atomic mass is 16.2. The first-order valence-corrected chi connectivity index (χ1v) is 3.81. The molecule has 0 rings (SSSR count). The summed E-state index contributed by atoms with van der Waals surface area (Å²) in [4.78, 5) is 11.1. The maximum Gasteiger partial charge on any atom is 0.237 e. The normalized spacial score (nSPS) is 10.3. The molecule has 2 N–H and O–H groups in total. The summed E-state index contributed by atoms with van der Waals surface area (Å²) in [6.07, 6.45) is 0.418. The van der Waals surface area contributed by atoms with Crippen molar-refractivity contribution in [3.63, 3.8) is 0 Å². The number of rotatable bonds is 4. The monoisotopic (exact) mass is 159 g/mol. The standard InChI is InChI=1S/C7H17N3O/c1-4-9(2)10(3)7(11)5-6-8/h4-6,8H2,1-3H3. The molecule has 4 heteroatoms. The van der Waals surface area contributed by atoms with Crippen LogP contribution in [0.15, 0.2) is 0 Å². The summed E-state index contributed by atoms with van der Waals surface area (Å²) >= 11 is 0. The van der Waals surface area contributed by atoms with Gasteiger partial charge in [0.1, 0.15) is 0 Å². The molecule has 0 saturated carbocycles. The molecule has 0 aromatic rings. The Labute approximate surface area is 67.9 Å². The molecule has 4 nitrogen and oxygen atoms in total. The van der Waals surface area contributed by atoms with Gasteiger partial charge in [-0.05, 0) is 0 Å². The first-order chi connectivity index (χ1) is 5.13. The molecule has 0 heterocycles. The van der Waals surface area contributed by atoms with Crippen LogP contribution in [0.2, 0.25) is 0 Å². The molecule has 0 aliphatic heterocycles. The Balaban J connectivity index is 3.80. The van der Waals surface area contributed by atoms with Gasteiger partial charge in [0, 0.05) is 33.6 Å². The summed E-state index contributed by atoms with van der Waals surface area (Å²) in [6.45, 7) is 3.24. The molecule has 66 valence electrons. The fourth-order valence-corrected chi connectivity index (χ4v) is 0.688. The molecule has 0 aromatic heterocycles. The van der Waals surface area contributed by atoms with E-state index in [1.165, 1.54) is 0 Å². The predicted octanol–water partition coefficient (Wildman–Crippen LogP) is -0.340. The summed E-state index contributed by atoms with van der Waals surface area (Å²) in [5.74, 6) is 0.0665. The van der Waals surface area contributed by atoms with Crippen molar-refractivity contribution >= 4 is 5.91 Å². The zero-order valence-corrected chi connectivity index (χ0v) is 7.50. The van der Waals surface area contributed by atoms with Crippen LogP contribution in [0.3, 0.4) is 0 Å². The molecule has 0 radical (unpaired) electrons. The second kappa shape index (κ2) is 5.09. The van der Waals surface area contributed by atoms with E-state index in [2.05, 4.69) is 0 Å². The third-order valence-electron chi connectivity index (χ3n) is 1.69. The van der Waals surface area contributed by atoms with E-state index in [1.807, 2.05) is 19.0 Å². The van der Waals surface area contributed by atoms with Crippen molar-refractivity contribution < 1.29 is 4.79 Å². The van der Waals surface area contributed by atoms with Gasteiger partial charge in [-0.15, -0.1) is 0 Å². The van der Waals surface area contributed by atoms with Gasteiger partial charge in [0.25, 0.3) is 0 Å². The van der Waals surface area contributed by atoms with Gasteiger partial charge < -0.3 is 5.73 Å². The average molecular weight is 159 g/mol. The fraction of sp³-hybridized carbons (Fsp3) is 0.857. The van der Waals surface area contributed by atoms with E-state index in [-0.39, 0.29) is 5.91 Å². The quantitative estimate of drug-likeness (QED) is 0.571. The molecule has 1 amide bonds. The predicted molar refractivity (Wildman–Crippen MR) is 44.7 cm³/mol. The van der Waals surface area contributed by atoms with Crippen LogP contribution in [0.5, 0.6) is 0 Å². The van der Waals surface area contributed by atoms with Crippen LogP contribution in [0.25, 0.3) is 0 Å². The molecule has 0 bridgehead atoms. The number of hydrazine groups is 1. The van der Waals surface area contributed by atoms with Gasteiger partial charge in [-0.1, -0.05) is 6.92 Å². The van der Waals surface area contributed by atoms with Crippen molar-refractivity contribution in [1.29, 1.82) is 0 Å². The number of nitrogens with two attached hydrogens (primary N) is 1. The van der Waals surface area contributed by atoms with Crippen LogP contribution >= 0.6 is 0 Å². The van der Waals surface area contributed by atoms with Crippen molar-refractivity contribution in [1.82, 2.24) is 10.0 Å². The Hall–Kier alpha value is -0.610. The van der Waals surface area contributed by atoms with E-state index in [0.717, 1.165) is 6.54 Å². The Morgan fingerprint density at radius 2 is 2.00 bits per heavy atom. The number of amides is 1. The zero-order valence-electron chi connectivity index (χ0n) is 7.50. The lowest BCUT2D eigenvalue weighted by Gasteiger charge is -2.26. The molecule has 0 fully saturated rings. The summed E-state index contributed by atoms with van der Waals surface area (Å²) in [7, 11) is 3.62. The van der Waals surface area contributed by atoms with E-state index >= 15 is 0 Å². The van der Waals surface area contributed by atoms with Crippen LogP contribution in [0.4, 0.5) is 0 Å². The first-order valence-electron chi connectivity index (χ1n) is 3.81. The topological polar surface area (TPSA) is 49.6 Å². The molecule has 0 aliphatic rings. The molecule has 11 heavy (non-hydrogen) atoms. The van der Waals surface area contributed by atoms with Crippen molar-refractivity contribution in [3.05, 3.63) is 0 Å². The minimum atomic E-state index is 0.0665. The lowest BCUT2D eigenvalue weighted by atomic mass is 10.4. The highest BCUT2D eigenvalue weighted by molar-refractivity contribution is 5.75. The number of carbonyl (C=O) groups is 1. The van der Waals surface area contributed by atoms with E-state index in [1.54, 1.807) is 12.1 Å². The molecular weight excluding hydrogens is 142 g/mol. The highest BCUT2D eigenvalue weighted by Gasteiger charge is 2.09. The van der Waals surface area contributed by atoms with Crippen molar-refractivity contribution in [2.24, 2.45) is 5.73 Å². The van der Waals surface area contributed by atoms with Gasteiger partial charge in [-0.25, -0.2) is 5.01 Å². The van der Waals surface area contributed by atoms with Crippen LogP contribution in [0.1, 0.15) is 13.3 Å².